The van der Waals surface area contributed by atoms with E-state index in [1.54, 1.807) is 0 Å². The van der Waals surface area contributed by atoms with Crippen LogP contribution < -0.4 is 16.0 Å². The van der Waals surface area contributed by atoms with Gasteiger partial charge >= 0.3 is 5.97 Å². The molecule has 0 aromatic carbocycles. The van der Waals surface area contributed by atoms with E-state index >= 15 is 0 Å². The second-order valence-corrected chi connectivity index (χ2v) is 11.1. The van der Waals surface area contributed by atoms with Crippen LogP contribution in [0.15, 0.2) is 0 Å². The number of rotatable bonds is 28. The number of carbonyl (C=O) groups is 5. The Morgan fingerprint density at radius 3 is 1.52 bits per heavy atom. The van der Waals surface area contributed by atoms with Gasteiger partial charge in [-0.15, -0.1) is 0 Å². The van der Waals surface area contributed by atoms with E-state index in [2.05, 4.69) is 16.0 Å². The molecule has 40 heavy (non-hydrogen) atoms. The molecule has 0 aliphatic heterocycles. The van der Waals surface area contributed by atoms with Crippen LogP contribution in [0.5, 0.6) is 0 Å². The monoisotopic (exact) mass is 569 g/mol. The van der Waals surface area contributed by atoms with Crippen molar-refractivity contribution < 1.29 is 33.6 Å². The topological polar surface area (TPSA) is 142 Å². The zero-order chi connectivity index (χ0) is 30.1. The summed E-state index contributed by atoms with van der Waals surface area (Å²) in [7, 11) is 3.89. The molecule has 2 amide bonds. The summed E-state index contributed by atoms with van der Waals surface area (Å²) in [6.07, 6.45) is 11.3. The number of quaternary nitrogens is 1. The molecule has 0 aromatic rings. The molecule has 0 saturated heterocycles. The van der Waals surface area contributed by atoms with Crippen LogP contribution >= 0.6 is 0 Å². The average Bonchev–Trinajstić information content (AvgIpc) is 2.91. The Balaban J connectivity index is 4.15. The number of carbonyl (C=O) groups excluding carboxylic acids is 4. The molecule has 0 spiro atoms. The normalized spacial score (nSPS) is 12.5. The standard InChI is InChI=1S/C30H56N4O6/c1-4-26(35)14-9-11-17-28(37)32-21-24-34(3,23-19-30(39)40)25-22-33-29(38)18-12-10-16-27(36)15-8-6-5-7-13-20-31-2/h31H,4-25H2,1-3H3,(H2-,32,33,37,38,39,40)/p+1. The lowest BCUT2D eigenvalue weighted by atomic mass is 10.0. The van der Waals surface area contributed by atoms with Crippen molar-refractivity contribution in [3.05, 3.63) is 0 Å². The van der Waals surface area contributed by atoms with Crippen LogP contribution in [0.2, 0.25) is 0 Å². The van der Waals surface area contributed by atoms with E-state index in [1.165, 1.54) is 19.3 Å². The summed E-state index contributed by atoms with van der Waals surface area (Å²) in [5.74, 6) is -0.519. The Morgan fingerprint density at radius 1 is 0.575 bits per heavy atom. The highest BCUT2D eigenvalue weighted by Gasteiger charge is 2.23. The van der Waals surface area contributed by atoms with Crippen molar-refractivity contribution in [2.75, 3.05) is 53.4 Å². The van der Waals surface area contributed by atoms with Crippen LogP contribution in [0.25, 0.3) is 0 Å². The van der Waals surface area contributed by atoms with Gasteiger partial charge in [-0.2, -0.15) is 0 Å². The van der Waals surface area contributed by atoms with Gasteiger partial charge in [0.15, 0.2) is 0 Å². The minimum atomic E-state index is -0.877. The fourth-order valence-corrected chi connectivity index (χ4v) is 4.48. The minimum Gasteiger partial charge on any atom is -0.481 e. The lowest BCUT2D eigenvalue weighted by Gasteiger charge is -2.34. The Hall–Kier alpha value is -2.33. The number of carboxylic acid groups (broad SMARTS) is 1. The molecule has 10 nitrogen and oxygen atoms in total. The highest BCUT2D eigenvalue weighted by Crippen LogP contribution is 2.09. The maximum atomic E-state index is 12.3. The molecule has 1 unspecified atom stereocenters. The predicted molar refractivity (Wildman–Crippen MR) is 158 cm³/mol. The zero-order valence-corrected chi connectivity index (χ0v) is 25.5. The zero-order valence-electron chi connectivity index (χ0n) is 25.5. The van der Waals surface area contributed by atoms with Crippen molar-refractivity contribution in [1.82, 2.24) is 16.0 Å². The molecular weight excluding hydrogens is 512 g/mol. The molecule has 0 aliphatic carbocycles. The van der Waals surface area contributed by atoms with Crippen molar-refractivity contribution in [3.63, 3.8) is 0 Å². The van der Waals surface area contributed by atoms with Gasteiger partial charge in [-0.25, -0.2) is 0 Å². The number of unbranched alkanes of at least 4 members (excludes halogenated alkanes) is 6. The maximum absolute atomic E-state index is 12.3. The van der Waals surface area contributed by atoms with Gasteiger partial charge in [0.25, 0.3) is 0 Å². The number of Topliss-reactive ketones (excluding diaryl/α,β-unsaturated/α-hetero) is 2. The lowest BCUT2D eigenvalue weighted by molar-refractivity contribution is -0.906. The molecule has 10 heteroatoms. The molecule has 1 atom stereocenters. The van der Waals surface area contributed by atoms with Gasteiger partial charge in [0.05, 0.1) is 46.2 Å². The number of amides is 2. The summed E-state index contributed by atoms with van der Waals surface area (Å²) >= 11 is 0. The van der Waals surface area contributed by atoms with Gasteiger partial charge in [0.1, 0.15) is 11.6 Å². The summed E-state index contributed by atoms with van der Waals surface area (Å²) in [4.78, 5) is 58.9. The number of hydrogen-bond donors (Lipinski definition) is 4. The van der Waals surface area contributed by atoms with Crippen LogP contribution in [-0.4, -0.2) is 92.3 Å². The summed E-state index contributed by atoms with van der Waals surface area (Å²) in [6, 6.07) is 0. The Labute approximate surface area is 242 Å². The number of nitrogens with one attached hydrogen (secondary N) is 3. The van der Waals surface area contributed by atoms with Gasteiger partial charge < -0.3 is 25.5 Å². The molecule has 0 fully saturated rings. The fraction of sp³-hybridized carbons (Fsp3) is 0.833. The SMILES string of the molecule is CCC(=O)CCCCC(=O)NCC[N+](C)(CCNC(=O)CCCCC(=O)CCCCCCCNC)CCC(=O)O. The molecule has 0 radical (unpaired) electrons. The Kier molecular flexibility index (Phi) is 23.0. The third kappa shape index (κ3) is 23.5. The summed E-state index contributed by atoms with van der Waals surface area (Å²) < 4.78 is 0.419. The van der Waals surface area contributed by atoms with E-state index in [1.807, 2.05) is 21.0 Å². The molecule has 0 aliphatic rings. The second kappa shape index (κ2) is 24.5. The molecule has 0 rings (SSSR count). The van der Waals surface area contributed by atoms with Crippen LogP contribution in [0, 0.1) is 0 Å². The number of carboxylic acids is 1. The van der Waals surface area contributed by atoms with Crippen LogP contribution in [0.4, 0.5) is 0 Å². The van der Waals surface area contributed by atoms with E-state index in [0.717, 1.165) is 25.8 Å². The first-order chi connectivity index (χ1) is 19.1. The van der Waals surface area contributed by atoms with Crippen LogP contribution in [0.3, 0.4) is 0 Å². The largest absolute Gasteiger partial charge is 0.481 e. The highest BCUT2D eigenvalue weighted by molar-refractivity contribution is 5.79. The third-order valence-corrected chi connectivity index (χ3v) is 7.31. The van der Waals surface area contributed by atoms with Crippen molar-refractivity contribution in [3.8, 4) is 0 Å². The van der Waals surface area contributed by atoms with Gasteiger partial charge in [0, 0.05) is 38.5 Å². The Bertz CT molecular complexity index is 746. The number of likely N-dealkylation sites (N-methyl/N-ethyl adjacent to an activating group) is 1. The van der Waals surface area contributed by atoms with Crippen molar-refractivity contribution >= 4 is 29.4 Å². The number of nitrogens with zero attached hydrogens (tertiary/aromatic N) is 1. The van der Waals surface area contributed by atoms with Crippen LogP contribution in [0.1, 0.15) is 110 Å². The van der Waals surface area contributed by atoms with Crippen molar-refractivity contribution in [1.29, 1.82) is 0 Å². The molecular formula is C30H57N4O6+. The molecule has 0 heterocycles. The second-order valence-electron chi connectivity index (χ2n) is 11.1. The minimum absolute atomic E-state index is 0.00815. The molecule has 4 N–H and O–H groups in total. The maximum Gasteiger partial charge on any atom is 0.309 e. The van der Waals surface area contributed by atoms with E-state index in [4.69, 9.17) is 5.11 Å². The number of aliphatic carboxylic acids is 1. The number of hydrogen-bond acceptors (Lipinski definition) is 6. The predicted octanol–water partition coefficient (Wildman–Crippen LogP) is 3.37. The quantitative estimate of drug-likeness (QED) is 0.0836. The van der Waals surface area contributed by atoms with Crippen molar-refractivity contribution in [2.24, 2.45) is 0 Å². The van der Waals surface area contributed by atoms with Gasteiger partial charge in [-0.05, 0) is 52.1 Å². The Morgan fingerprint density at radius 2 is 1.02 bits per heavy atom. The first-order valence-corrected chi connectivity index (χ1v) is 15.4. The summed E-state index contributed by atoms with van der Waals surface area (Å²) in [5, 5.41) is 18.1. The summed E-state index contributed by atoms with van der Waals surface area (Å²) in [6.45, 7) is 5.23. The third-order valence-electron chi connectivity index (χ3n) is 7.31. The van der Waals surface area contributed by atoms with Gasteiger partial charge in [-0.3, -0.25) is 24.0 Å². The fourth-order valence-electron chi connectivity index (χ4n) is 4.48. The molecule has 232 valence electrons. The average molecular weight is 570 g/mol. The molecule has 0 saturated carbocycles. The number of ketones is 2. The van der Waals surface area contributed by atoms with Crippen LogP contribution in [-0.2, 0) is 24.0 Å². The molecule has 0 aromatic heterocycles. The lowest BCUT2D eigenvalue weighted by Crippen LogP contribution is -2.53. The van der Waals surface area contributed by atoms with E-state index in [0.29, 0.717) is 95.0 Å². The van der Waals surface area contributed by atoms with E-state index in [9.17, 15) is 24.0 Å². The first kappa shape index (κ1) is 37.7. The van der Waals surface area contributed by atoms with Gasteiger partial charge in [-0.1, -0.05) is 26.2 Å². The van der Waals surface area contributed by atoms with Crippen molar-refractivity contribution in [2.45, 2.75) is 110 Å². The first-order valence-electron chi connectivity index (χ1n) is 15.4. The smallest absolute Gasteiger partial charge is 0.309 e. The molecule has 0 bridgehead atoms. The van der Waals surface area contributed by atoms with E-state index in [-0.39, 0.29) is 29.8 Å². The summed E-state index contributed by atoms with van der Waals surface area (Å²) in [5.41, 5.74) is 0. The van der Waals surface area contributed by atoms with Gasteiger partial charge in [0.2, 0.25) is 11.8 Å². The van der Waals surface area contributed by atoms with E-state index < -0.39 is 5.97 Å². The highest BCUT2D eigenvalue weighted by atomic mass is 16.4.